The molecule has 248 valence electrons. The van der Waals surface area contributed by atoms with Crippen molar-refractivity contribution in [2.75, 3.05) is 38.6 Å². The van der Waals surface area contributed by atoms with Crippen LogP contribution in [0.3, 0.4) is 0 Å². The van der Waals surface area contributed by atoms with E-state index in [0.717, 1.165) is 44.9 Å². The summed E-state index contributed by atoms with van der Waals surface area (Å²) < 4.78 is 17.7. The zero-order valence-electron chi connectivity index (χ0n) is 26.5. The van der Waals surface area contributed by atoms with Crippen LogP contribution < -0.4 is 22.1 Å². The van der Waals surface area contributed by atoms with Crippen molar-refractivity contribution in [3.63, 3.8) is 0 Å². The van der Waals surface area contributed by atoms with Gasteiger partial charge in [0.1, 0.15) is 19.2 Å². The molecule has 0 saturated carbocycles. The van der Waals surface area contributed by atoms with Gasteiger partial charge in [-0.25, -0.2) is 14.6 Å². The van der Waals surface area contributed by atoms with Gasteiger partial charge in [-0.3, -0.25) is 9.36 Å². The van der Waals surface area contributed by atoms with Crippen LogP contribution in [-0.2, 0) is 19.0 Å². The number of nitrogen functional groups attached to an aromatic ring is 1. The van der Waals surface area contributed by atoms with Crippen molar-refractivity contribution in [1.29, 1.82) is 0 Å². The summed E-state index contributed by atoms with van der Waals surface area (Å²) >= 11 is 0. The molecule has 1 aromatic rings. The molecule has 0 bridgehead atoms. The number of allylic oxidation sites excluding steroid dienone is 10. The average Bonchev–Trinajstić information content (AvgIpc) is 3.49. The number of nitrogens with one attached hydrogen (secondary N) is 2. The molecule has 12 heteroatoms. The van der Waals surface area contributed by atoms with Crippen LogP contribution >= 0.6 is 0 Å². The Labute approximate surface area is 266 Å². The normalized spacial score (nSPS) is 17.0. The number of aromatic nitrogens is 3. The number of carbonyl (C=O) groups excluding carboxylic acids is 2. The topological polar surface area (TPSA) is 160 Å². The first-order valence-electron chi connectivity index (χ1n) is 15.9. The molecule has 1 aliphatic rings. The van der Waals surface area contributed by atoms with Crippen molar-refractivity contribution >= 4 is 17.9 Å². The quantitative estimate of drug-likeness (QED) is 0.123. The summed E-state index contributed by atoms with van der Waals surface area (Å²) in [5.74, 6) is -0.0962. The number of hydrogen-bond donors (Lipinski definition) is 3. The molecule has 1 aliphatic heterocycles. The van der Waals surface area contributed by atoms with Crippen molar-refractivity contribution < 1.29 is 23.8 Å². The van der Waals surface area contributed by atoms with Gasteiger partial charge in [0.25, 0.3) is 0 Å². The number of ether oxygens (including phenoxy) is 3. The Balaban J connectivity index is 1.37. The van der Waals surface area contributed by atoms with E-state index in [1.54, 1.807) is 0 Å². The maximum Gasteiger partial charge on any atom is 0.407 e. The molecule has 2 unspecified atom stereocenters. The lowest BCUT2D eigenvalue weighted by Gasteiger charge is -2.15. The average molecular weight is 627 g/mol. The highest BCUT2D eigenvalue weighted by molar-refractivity contribution is 5.75. The Morgan fingerprint density at radius 1 is 0.956 bits per heavy atom. The van der Waals surface area contributed by atoms with Gasteiger partial charge in [0.05, 0.1) is 19.3 Å². The van der Waals surface area contributed by atoms with Crippen LogP contribution in [0.5, 0.6) is 0 Å². The van der Waals surface area contributed by atoms with Crippen molar-refractivity contribution in [2.45, 2.75) is 83.5 Å². The Kier molecular flexibility index (Phi) is 20.1. The zero-order chi connectivity index (χ0) is 32.4. The second-order valence-electron chi connectivity index (χ2n) is 10.3. The summed E-state index contributed by atoms with van der Waals surface area (Å²) in [5, 5.41) is 5.44. The molecule has 12 nitrogen and oxygen atoms in total. The molecule has 1 aromatic heterocycles. The van der Waals surface area contributed by atoms with E-state index in [1.807, 2.05) is 0 Å². The zero-order valence-corrected chi connectivity index (χ0v) is 26.5. The Bertz CT molecular complexity index is 1190. The number of unbranched alkanes of at least 4 members (excludes halogenated alkanes) is 1. The van der Waals surface area contributed by atoms with Crippen LogP contribution in [0.1, 0.15) is 77.4 Å². The molecule has 4 N–H and O–H groups in total. The number of hydrogen-bond acceptors (Lipinski definition) is 9. The molecule has 2 atom stereocenters. The SMILES string of the molecule is CC/C=C\C/C=C\C/C=C\C/C=C\C/C=C\CCCC(=O)NCCOCCNC(=O)OCC1CCC(n2cnc(N)nc2=O)O1. The van der Waals surface area contributed by atoms with Gasteiger partial charge in [-0.1, -0.05) is 67.7 Å². The first kappa shape index (κ1) is 37.2. The van der Waals surface area contributed by atoms with Gasteiger partial charge in [0.2, 0.25) is 11.9 Å². The van der Waals surface area contributed by atoms with Gasteiger partial charge >= 0.3 is 11.8 Å². The van der Waals surface area contributed by atoms with Crippen molar-refractivity contribution in [2.24, 2.45) is 0 Å². The fourth-order valence-electron chi connectivity index (χ4n) is 4.21. The summed E-state index contributed by atoms with van der Waals surface area (Å²) in [6, 6.07) is 0. The van der Waals surface area contributed by atoms with Crippen LogP contribution in [0.4, 0.5) is 10.7 Å². The third-order valence-corrected chi connectivity index (χ3v) is 6.56. The van der Waals surface area contributed by atoms with E-state index in [0.29, 0.717) is 32.4 Å². The van der Waals surface area contributed by atoms with Crippen LogP contribution in [0.25, 0.3) is 0 Å². The summed E-state index contributed by atoms with van der Waals surface area (Å²) in [6.45, 7) is 3.52. The molecule has 1 fully saturated rings. The lowest BCUT2D eigenvalue weighted by atomic mass is 10.2. The lowest BCUT2D eigenvalue weighted by molar-refractivity contribution is -0.121. The van der Waals surface area contributed by atoms with Gasteiger partial charge in [-0.2, -0.15) is 4.98 Å². The molecule has 2 heterocycles. The smallest absolute Gasteiger partial charge is 0.407 e. The summed E-state index contributed by atoms with van der Waals surface area (Å²) in [5.41, 5.74) is 4.87. The highest BCUT2D eigenvalue weighted by Crippen LogP contribution is 2.26. The van der Waals surface area contributed by atoms with Crippen molar-refractivity contribution in [1.82, 2.24) is 25.2 Å². The van der Waals surface area contributed by atoms with Crippen LogP contribution in [0.2, 0.25) is 0 Å². The van der Waals surface area contributed by atoms with Crippen LogP contribution in [0.15, 0.2) is 71.9 Å². The molecular formula is C33H50N6O6. The van der Waals surface area contributed by atoms with E-state index in [9.17, 15) is 14.4 Å². The largest absolute Gasteiger partial charge is 0.447 e. The number of rotatable bonds is 22. The molecular weight excluding hydrogens is 576 g/mol. The maximum absolute atomic E-state index is 12.0. The van der Waals surface area contributed by atoms with E-state index >= 15 is 0 Å². The minimum absolute atomic E-state index is 0.00202. The first-order chi connectivity index (χ1) is 22.0. The fraction of sp³-hybridized carbons (Fsp3) is 0.545. The highest BCUT2D eigenvalue weighted by Gasteiger charge is 2.28. The maximum atomic E-state index is 12.0. The van der Waals surface area contributed by atoms with E-state index < -0.39 is 18.0 Å². The number of nitrogens with zero attached hydrogens (tertiary/aromatic N) is 3. The van der Waals surface area contributed by atoms with E-state index in [4.69, 9.17) is 19.9 Å². The lowest BCUT2D eigenvalue weighted by Crippen LogP contribution is -2.32. The third-order valence-electron chi connectivity index (χ3n) is 6.56. The molecule has 45 heavy (non-hydrogen) atoms. The number of carbonyl (C=O) groups is 2. The van der Waals surface area contributed by atoms with E-state index in [2.05, 4.69) is 88.3 Å². The van der Waals surface area contributed by atoms with Crippen LogP contribution in [0, 0.1) is 0 Å². The molecule has 2 amide bonds. The molecule has 0 aliphatic carbocycles. The molecule has 0 radical (unpaired) electrons. The minimum atomic E-state index is -0.584. The highest BCUT2D eigenvalue weighted by atomic mass is 16.6. The van der Waals surface area contributed by atoms with Crippen LogP contribution in [-0.4, -0.2) is 65.5 Å². The van der Waals surface area contributed by atoms with Crippen molar-refractivity contribution in [3.05, 3.63) is 77.6 Å². The molecule has 0 spiro atoms. The monoisotopic (exact) mass is 626 g/mol. The van der Waals surface area contributed by atoms with Gasteiger partial charge in [-0.15, -0.1) is 0 Å². The number of amides is 2. The third kappa shape index (κ3) is 18.4. The van der Waals surface area contributed by atoms with Gasteiger partial charge in [-0.05, 0) is 57.8 Å². The van der Waals surface area contributed by atoms with E-state index in [1.165, 1.54) is 10.9 Å². The standard InChI is InChI=1S/C33H50N6O6/c1-2-3-4-5-6-7-8-9-10-11-12-13-14-15-16-17-18-19-29(40)35-22-24-43-25-23-36-33(42)44-26-28-20-21-30(45-28)39-27-37-31(34)38-32(39)41/h3-4,6-7,9-10,12-13,15-16,27-28,30H,2,5,8,11,14,17-26H2,1H3,(H,35,40)(H,36,42)(H2,34,38,41)/b4-3-,7-6-,10-9-,13-12-,16-15-. The second kappa shape index (κ2) is 24.3. The Morgan fingerprint density at radius 2 is 1.58 bits per heavy atom. The first-order valence-corrected chi connectivity index (χ1v) is 15.9. The summed E-state index contributed by atoms with van der Waals surface area (Å²) in [4.78, 5) is 43.2. The molecule has 1 saturated heterocycles. The van der Waals surface area contributed by atoms with Crippen molar-refractivity contribution in [3.8, 4) is 0 Å². The number of alkyl carbamates (subject to hydrolysis) is 1. The molecule has 2 rings (SSSR count). The Hall–Kier alpha value is -4.03. The second-order valence-corrected chi connectivity index (χ2v) is 10.3. The summed E-state index contributed by atoms with van der Waals surface area (Å²) in [7, 11) is 0. The predicted octanol–water partition coefficient (Wildman–Crippen LogP) is 4.68. The van der Waals surface area contributed by atoms with Gasteiger partial charge in [0, 0.05) is 19.5 Å². The minimum Gasteiger partial charge on any atom is -0.447 e. The van der Waals surface area contributed by atoms with E-state index in [-0.39, 0.29) is 37.7 Å². The summed E-state index contributed by atoms with van der Waals surface area (Å²) in [6.07, 6.45) is 29.8. The predicted molar refractivity (Wildman–Crippen MR) is 175 cm³/mol. The number of anilines is 1. The van der Waals surface area contributed by atoms with Gasteiger partial charge < -0.3 is 30.6 Å². The molecule has 0 aromatic carbocycles. The van der Waals surface area contributed by atoms with Gasteiger partial charge in [0.15, 0.2) is 0 Å². The number of nitrogens with two attached hydrogens (primary N) is 1. The Morgan fingerprint density at radius 3 is 2.22 bits per heavy atom. The fourth-order valence-corrected chi connectivity index (χ4v) is 4.21.